The van der Waals surface area contributed by atoms with E-state index in [2.05, 4.69) is 10.3 Å². The molecule has 1 aromatic carbocycles. The largest absolute Gasteiger partial charge is 0.341 e. The molecule has 1 atom stereocenters. The molecule has 2 fully saturated rings. The summed E-state index contributed by atoms with van der Waals surface area (Å²) in [7, 11) is 0. The van der Waals surface area contributed by atoms with Crippen LogP contribution in [-0.2, 0) is 20.8 Å². The normalized spacial score (nSPS) is 19.0. The smallest absolute Gasteiger partial charge is 0.325 e. The standard InChI is InChI=1S/C24H27N5O4/c1-2-27-10-11-28(22(31)16-29-15-21(30)26-24(29)33)14-19(23(27)32)12-17-6-3-4-8-20(17)18-7-5-9-25-13-18/h3-9,13,19H,2,10-12,14-16H2,1H3,(H,26,30,33)/t19-/m1/s1. The maximum absolute atomic E-state index is 13.3. The molecule has 0 radical (unpaired) electrons. The maximum atomic E-state index is 13.3. The zero-order valence-electron chi connectivity index (χ0n) is 18.6. The number of nitrogens with one attached hydrogen (secondary N) is 1. The van der Waals surface area contributed by atoms with Gasteiger partial charge in [-0.05, 0) is 30.5 Å². The van der Waals surface area contributed by atoms with Crippen LogP contribution in [0.15, 0.2) is 48.8 Å². The Kier molecular flexibility index (Phi) is 6.67. The molecule has 0 unspecified atom stereocenters. The molecule has 33 heavy (non-hydrogen) atoms. The molecular formula is C24H27N5O4. The van der Waals surface area contributed by atoms with E-state index in [1.807, 2.05) is 43.3 Å². The fourth-order valence-corrected chi connectivity index (χ4v) is 4.38. The van der Waals surface area contributed by atoms with E-state index in [-0.39, 0.29) is 31.4 Å². The molecule has 1 N–H and O–H groups in total. The summed E-state index contributed by atoms with van der Waals surface area (Å²) in [6, 6.07) is 11.2. The van der Waals surface area contributed by atoms with Gasteiger partial charge in [0.2, 0.25) is 17.7 Å². The lowest BCUT2D eigenvalue weighted by molar-refractivity contribution is -0.134. The van der Waals surface area contributed by atoms with Crippen LogP contribution in [0.4, 0.5) is 4.79 Å². The first-order chi connectivity index (χ1) is 16.0. The fourth-order valence-electron chi connectivity index (χ4n) is 4.38. The number of hydrogen-bond donors (Lipinski definition) is 1. The van der Waals surface area contributed by atoms with Gasteiger partial charge in [0.05, 0.1) is 5.92 Å². The van der Waals surface area contributed by atoms with E-state index in [0.717, 1.165) is 16.7 Å². The van der Waals surface area contributed by atoms with Gasteiger partial charge in [-0.2, -0.15) is 0 Å². The third-order valence-corrected chi connectivity index (χ3v) is 6.13. The first-order valence-corrected chi connectivity index (χ1v) is 11.1. The van der Waals surface area contributed by atoms with Gasteiger partial charge in [-0.1, -0.05) is 30.3 Å². The highest BCUT2D eigenvalue weighted by molar-refractivity contribution is 6.03. The minimum Gasteiger partial charge on any atom is -0.341 e. The topological polar surface area (TPSA) is 103 Å². The van der Waals surface area contributed by atoms with Gasteiger partial charge in [0.15, 0.2) is 0 Å². The van der Waals surface area contributed by atoms with Crippen molar-refractivity contribution < 1.29 is 19.2 Å². The second-order valence-electron chi connectivity index (χ2n) is 8.27. The minimum atomic E-state index is -0.559. The van der Waals surface area contributed by atoms with Gasteiger partial charge in [-0.3, -0.25) is 24.7 Å². The molecule has 172 valence electrons. The summed E-state index contributed by atoms with van der Waals surface area (Å²) in [6.07, 6.45) is 3.99. The first-order valence-electron chi connectivity index (χ1n) is 11.1. The van der Waals surface area contributed by atoms with Crippen molar-refractivity contribution >= 4 is 23.8 Å². The maximum Gasteiger partial charge on any atom is 0.325 e. The summed E-state index contributed by atoms with van der Waals surface area (Å²) in [6.45, 7) is 3.27. The van der Waals surface area contributed by atoms with Crippen LogP contribution in [0.3, 0.4) is 0 Å². The molecule has 0 bridgehead atoms. The van der Waals surface area contributed by atoms with Crippen molar-refractivity contribution in [2.45, 2.75) is 13.3 Å². The van der Waals surface area contributed by atoms with Crippen molar-refractivity contribution in [1.29, 1.82) is 0 Å². The van der Waals surface area contributed by atoms with Crippen molar-refractivity contribution in [3.8, 4) is 11.1 Å². The summed E-state index contributed by atoms with van der Waals surface area (Å²) >= 11 is 0. The number of nitrogens with zero attached hydrogens (tertiary/aromatic N) is 4. The van der Waals surface area contributed by atoms with E-state index < -0.39 is 17.9 Å². The highest BCUT2D eigenvalue weighted by Crippen LogP contribution is 2.26. The van der Waals surface area contributed by atoms with Gasteiger partial charge < -0.3 is 14.7 Å². The molecule has 4 rings (SSSR count). The van der Waals surface area contributed by atoms with Gasteiger partial charge in [0, 0.05) is 44.1 Å². The average Bonchev–Trinajstić information content (AvgIpc) is 3.04. The molecule has 0 spiro atoms. The van der Waals surface area contributed by atoms with Crippen LogP contribution in [0.25, 0.3) is 11.1 Å². The second-order valence-corrected chi connectivity index (χ2v) is 8.27. The summed E-state index contributed by atoms with van der Waals surface area (Å²) in [5.41, 5.74) is 2.99. The molecule has 2 aromatic rings. The molecule has 9 nitrogen and oxygen atoms in total. The SMILES string of the molecule is CCN1CCN(C(=O)CN2CC(=O)NC2=O)C[C@@H](Cc2ccccc2-c2cccnc2)C1=O. The van der Waals surface area contributed by atoms with Gasteiger partial charge in [-0.25, -0.2) is 4.79 Å². The summed E-state index contributed by atoms with van der Waals surface area (Å²) in [5.74, 6) is -1.08. The van der Waals surface area contributed by atoms with Gasteiger partial charge in [0.1, 0.15) is 13.1 Å². The van der Waals surface area contributed by atoms with Gasteiger partial charge >= 0.3 is 6.03 Å². The van der Waals surface area contributed by atoms with E-state index in [1.54, 1.807) is 22.2 Å². The third-order valence-electron chi connectivity index (χ3n) is 6.13. The van der Waals surface area contributed by atoms with Crippen molar-refractivity contribution in [1.82, 2.24) is 25.0 Å². The summed E-state index contributed by atoms with van der Waals surface area (Å²) in [5, 5.41) is 2.18. The third kappa shape index (κ3) is 5.02. The van der Waals surface area contributed by atoms with Crippen LogP contribution in [0.5, 0.6) is 0 Å². The fraction of sp³-hybridized carbons (Fsp3) is 0.375. The quantitative estimate of drug-likeness (QED) is 0.667. The Morgan fingerprint density at radius 2 is 1.91 bits per heavy atom. The van der Waals surface area contributed by atoms with E-state index >= 15 is 0 Å². The lowest BCUT2D eigenvalue weighted by atomic mass is 9.91. The van der Waals surface area contributed by atoms with Crippen molar-refractivity contribution in [3.05, 3.63) is 54.4 Å². The molecule has 0 aliphatic carbocycles. The number of urea groups is 1. The number of amides is 5. The second kappa shape index (κ2) is 9.81. The number of rotatable bonds is 6. The molecular weight excluding hydrogens is 422 g/mol. The Balaban J connectivity index is 1.55. The molecule has 2 saturated heterocycles. The van der Waals surface area contributed by atoms with Gasteiger partial charge in [-0.15, -0.1) is 0 Å². The zero-order chi connectivity index (χ0) is 23.4. The number of carbonyl (C=O) groups excluding carboxylic acids is 4. The zero-order valence-corrected chi connectivity index (χ0v) is 18.6. The Morgan fingerprint density at radius 1 is 1.09 bits per heavy atom. The molecule has 5 amide bonds. The van der Waals surface area contributed by atoms with Crippen LogP contribution in [-0.4, -0.2) is 82.7 Å². The van der Waals surface area contributed by atoms with Crippen LogP contribution < -0.4 is 5.32 Å². The lowest BCUT2D eigenvalue weighted by Crippen LogP contribution is -2.44. The predicted octanol–water partition coefficient (Wildman–Crippen LogP) is 1.15. The Bertz CT molecular complexity index is 1060. The highest BCUT2D eigenvalue weighted by atomic mass is 16.2. The van der Waals surface area contributed by atoms with Crippen LogP contribution in [0, 0.1) is 5.92 Å². The number of benzene rings is 1. The van der Waals surface area contributed by atoms with E-state index in [9.17, 15) is 19.2 Å². The number of likely N-dealkylation sites (N-methyl/N-ethyl adjacent to an activating group) is 1. The molecule has 0 saturated carbocycles. The Hall–Kier alpha value is -3.75. The van der Waals surface area contributed by atoms with E-state index in [4.69, 9.17) is 0 Å². The molecule has 2 aliphatic heterocycles. The molecule has 1 aromatic heterocycles. The number of pyridine rings is 1. The van der Waals surface area contributed by atoms with Crippen molar-refractivity contribution in [3.63, 3.8) is 0 Å². The molecule has 9 heteroatoms. The van der Waals surface area contributed by atoms with Gasteiger partial charge in [0.25, 0.3) is 0 Å². The highest BCUT2D eigenvalue weighted by Gasteiger charge is 2.34. The van der Waals surface area contributed by atoms with E-state index in [1.165, 1.54) is 4.90 Å². The van der Waals surface area contributed by atoms with Crippen LogP contribution in [0.1, 0.15) is 12.5 Å². The molecule has 2 aliphatic rings. The monoisotopic (exact) mass is 449 g/mol. The number of carbonyl (C=O) groups is 4. The summed E-state index contributed by atoms with van der Waals surface area (Å²) < 4.78 is 0. The van der Waals surface area contributed by atoms with E-state index in [0.29, 0.717) is 26.1 Å². The molecule has 3 heterocycles. The lowest BCUT2D eigenvalue weighted by Gasteiger charge is -2.25. The van der Waals surface area contributed by atoms with Crippen LogP contribution >= 0.6 is 0 Å². The number of aromatic nitrogens is 1. The van der Waals surface area contributed by atoms with Crippen molar-refractivity contribution in [2.24, 2.45) is 5.92 Å². The number of imide groups is 1. The summed E-state index contributed by atoms with van der Waals surface area (Å²) in [4.78, 5) is 58.4. The predicted molar refractivity (Wildman–Crippen MR) is 121 cm³/mol. The Morgan fingerprint density at radius 3 is 2.61 bits per heavy atom. The minimum absolute atomic E-state index is 0.0166. The first kappa shape index (κ1) is 22.4. The van der Waals surface area contributed by atoms with Crippen molar-refractivity contribution in [2.75, 3.05) is 39.3 Å². The van der Waals surface area contributed by atoms with Crippen LogP contribution in [0.2, 0.25) is 0 Å². The Labute approximate surface area is 192 Å². The number of hydrogen-bond acceptors (Lipinski definition) is 5. The average molecular weight is 450 g/mol.